The summed E-state index contributed by atoms with van der Waals surface area (Å²) in [5, 5.41) is 4.94. The molecule has 0 aromatic heterocycles. The predicted molar refractivity (Wildman–Crippen MR) is 97.4 cm³/mol. The summed E-state index contributed by atoms with van der Waals surface area (Å²) in [7, 11) is 0.472. The first kappa shape index (κ1) is 16.1. The van der Waals surface area contributed by atoms with Gasteiger partial charge in [0.05, 0.1) is 19.7 Å². The van der Waals surface area contributed by atoms with Crippen LogP contribution in [0.4, 0.5) is 5.69 Å². The molecular formula is C17H22BrNOSi. The first-order chi connectivity index (χ1) is 9.90. The smallest absolute Gasteiger partial charge is 0.133 e. The Balaban J connectivity index is 2.01. The molecule has 1 N–H and O–H groups in total. The third kappa shape index (κ3) is 4.35. The lowest BCUT2D eigenvalue weighted by molar-refractivity contribution is 0.412. The number of nitrogens with one attached hydrogen (secondary N) is 1. The zero-order chi connectivity index (χ0) is 15.5. The summed E-state index contributed by atoms with van der Waals surface area (Å²) >= 11 is 3.50. The lowest BCUT2D eigenvalue weighted by atomic mass is 10.2. The van der Waals surface area contributed by atoms with Gasteiger partial charge in [-0.25, -0.2) is 0 Å². The van der Waals surface area contributed by atoms with Crippen molar-refractivity contribution in [3.63, 3.8) is 0 Å². The molecule has 2 aromatic rings. The van der Waals surface area contributed by atoms with Crippen LogP contribution in [-0.2, 0) is 6.54 Å². The van der Waals surface area contributed by atoms with Crippen LogP contribution >= 0.6 is 15.9 Å². The normalized spacial score (nSPS) is 11.3. The van der Waals surface area contributed by atoms with Crippen LogP contribution in [0.25, 0.3) is 0 Å². The molecule has 0 unspecified atom stereocenters. The highest BCUT2D eigenvalue weighted by molar-refractivity contribution is 9.10. The van der Waals surface area contributed by atoms with Crippen molar-refractivity contribution < 1.29 is 4.74 Å². The van der Waals surface area contributed by atoms with Crippen molar-refractivity contribution in [2.75, 3.05) is 12.4 Å². The second kappa shape index (κ2) is 6.67. The Labute approximate surface area is 136 Å². The van der Waals surface area contributed by atoms with Crippen molar-refractivity contribution in [1.29, 1.82) is 0 Å². The van der Waals surface area contributed by atoms with Crippen LogP contribution in [0.15, 0.2) is 46.9 Å². The number of methoxy groups -OCH3 is 1. The van der Waals surface area contributed by atoms with Crippen molar-refractivity contribution in [2.45, 2.75) is 26.2 Å². The van der Waals surface area contributed by atoms with E-state index in [4.69, 9.17) is 4.74 Å². The number of ether oxygens (including phenoxy) is 1. The molecule has 2 nitrogen and oxygen atoms in total. The van der Waals surface area contributed by atoms with E-state index in [1.165, 1.54) is 10.8 Å². The lowest BCUT2D eigenvalue weighted by Crippen LogP contribution is -2.37. The Hall–Kier alpha value is -1.26. The van der Waals surface area contributed by atoms with Crippen LogP contribution in [0.2, 0.25) is 19.6 Å². The Kier molecular flexibility index (Phi) is 5.11. The van der Waals surface area contributed by atoms with E-state index in [0.29, 0.717) is 0 Å². The Morgan fingerprint density at radius 2 is 1.71 bits per heavy atom. The summed E-state index contributed by atoms with van der Waals surface area (Å²) < 4.78 is 6.20. The van der Waals surface area contributed by atoms with Gasteiger partial charge in [-0.3, -0.25) is 0 Å². The van der Waals surface area contributed by atoms with E-state index >= 15 is 0 Å². The van der Waals surface area contributed by atoms with Crippen LogP contribution in [0.5, 0.6) is 5.75 Å². The molecule has 21 heavy (non-hydrogen) atoms. The molecule has 0 aliphatic heterocycles. The molecule has 0 atom stereocenters. The van der Waals surface area contributed by atoms with E-state index in [-0.39, 0.29) is 0 Å². The molecule has 2 rings (SSSR count). The summed E-state index contributed by atoms with van der Waals surface area (Å²) in [6.45, 7) is 7.93. The quantitative estimate of drug-likeness (QED) is 0.782. The molecular weight excluding hydrogens is 342 g/mol. The van der Waals surface area contributed by atoms with Gasteiger partial charge < -0.3 is 10.1 Å². The zero-order valence-electron chi connectivity index (χ0n) is 13.0. The number of hydrogen-bond acceptors (Lipinski definition) is 2. The number of hydrogen-bond donors (Lipinski definition) is 1. The summed E-state index contributed by atoms with van der Waals surface area (Å²) in [5.74, 6) is 0.847. The third-order valence-electron chi connectivity index (χ3n) is 3.47. The monoisotopic (exact) mass is 363 g/mol. The fourth-order valence-corrected chi connectivity index (χ4v) is 3.81. The summed E-state index contributed by atoms with van der Waals surface area (Å²) in [6.07, 6.45) is 0. The molecule has 4 heteroatoms. The average Bonchev–Trinajstić information content (AvgIpc) is 2.45. The molecule has 0 amide bonds. The van der Waals surface area contributed by atoms with E-state index in [1.807, 2.05) is 18.2 Å². The molecule has 2 aromatic carbocycles. The topological polar surface area (TPSA) is 21.3 Å². The minimum absolute atomic E-state index is 0.824. The molecule has 0 radical (unpaired) electrons. The highest BCUT2D eigenvalue weighted by atomic mass is 79.9. The van der Waals surface area contributed by atoms with Gasteiger partial charge in [0.2, 0.25) is 0 Å². The van der Waals surface area contributed by atoms with Gasteiger partial charge in [0, 0.05) is 12.2 Å². The largest absolute Gasteiger partial charge is 0.496 e. The Bertz CT molecular complexity index is 605. The van der Waals surface area contributed by atoms with Crippen LogP contribution in [0, 0.1) is 0 Å². The van der Waals surface area contributed by atoms with Crippen LogP contribution in [-0.4, -0.2) is 15.2 Å². The number of anilines is 1. The average molecular weight is 364 g/mol. The van der Waals surface area contributed by atoms with Crippen molar-refractivity contribution in [1.82, 2.24) is 0 Å². The van der Waals surface area contributed by atoms with Gasteiger partial charge in [-0.2, -0.15) is 0 Å². The fourth-order valence-electron chi connectivity index (χ4n) is 2.10. The highest BCUT2D eigenvalue weighted by Crippen LogP contribution is 2.27. The standard InChI is InChI=1S/C17H22BrNOSi/c1-20-17-10-7-14(11-16(17)18)19-12-13-5-8-15(9-6-13)21(2,3)4/h5-11,19H,12H2,1-4H3. The number of benzene rings is 2. The van der Waals surface area contributed by atoms with Crippen molar-refractivity contribution in [3.8, 4) is 5.75 Å². The van der Waals surface area contributed by atoms with Crippen LogP contribution in [0.3, 0.4) is 0 Å². The van der Waals surface area contributed by atoms with Gasteiger partial charge >= 0.3 is 0 Å². The highest BCUT2D eigenvalue weighted by Gasteiger charge is 2.15. The zero-order valence-corrected chi connectivity index (χ0v) is 15.6. The molecule has 0 spiro atoms. The molecule has 0 fully saturated rings. The first-order valence-electron chi connectivity index (χ1n) is 7.07. The van der Waals surface area contributed by atoms with E-state index in [0.717, 1.165) is 22.5 Å². The molecule has 112 valence electrons. The van der Waals surface area contributed by atoms with Crippen molar-refractivity contribution in [3.05, 3.63) is 52.5 Å². The van der Waals surface area contributed by atoms with Gasteiger partial charge in [0.25, 0.3) is 0 Å². The Morgan fingerprint density at radius 3 is 2.24 bits per heavy atom. The van der Waals surface area contributed by atoms with Crippen LogP contribution in [0.1, 0.15) is 5.56 Å². The van der Waals surface area contributed by atoms with Gasteiger partial charge in [-0.15, -0.1) is 0 Å². The lowest BCUT2D eigenvalue weighted by Gasteiger charge is -2.17. The van der Waals surface area contributed by atoms with Gasteiger partial charge in [-0.1, -0.05) is 49.1 Å². The van der Waals surface area contributed by atoms with Crippen molar-refractivity contribution >= 4 is 34.9 Å². The van der Waals surface area contributed by atoms with Crippen LogP contribution < -0.4 is 15.2 Å². The first-order valence-corrected chi connectivity index (χ1v) is 11.4. The van der Waals surface area contributed by atoms with E-state index in [9.17, 15) is 0 Å². The second-order valence-corrected chi connectivity index (χ2v) is 12.1. The third-order valence-corrected chi connectivity index (χ3v) is 6.15. The molecule has 0 heterocycles. The molecule has 0 aliphatic carbocycles. The van der Waals surface area contributed by atoms with Crippen molar-refractivity contribution in [2.24, 2.45) is 0 Å². The van der Waals surface area contributed by atoms with E-state index in [1.54, 1.807) is 7.11 Å². The Morgan fingerprint density at radius 1 is 1.05 bits per heavy atom. The minimum Gasteiger partial charge on any atom is -0.496 e. The maximum Gasteiger partial charge on any atom is 0.133 e. The SMILES string of the molecule is COc1ccc(NCc2ccc([Si](C)(C)C)cc2)cc1Br. The number of rotatable bonds is 5. The minimum atomic E-state index is -1.20. The van der Waals surface area contributed by atoms with Gasteiger partial charge in [0.1, 0.15) is 5.75 Å². The van der Waals surface area contributed by atoms with E-state index < -0.39 is 8.07 Å². The summed E-state index contributed by atoms with van der Waals surface area (Å²) in [5.41, 5.74) is 2.38. The van der Waals surface area contributed by atoms with Gasteiger partial charge in [0.15, 0.2) is 0 Å². The van der Waals surface area contributed by atoms with Gasteiger partial charge in [-0.05, 0) is 39.7 Å². The predicted octanol–water partition coefficient (Wildman–Crippen LogP) is 4.62. The molecule has 0 saturated carbocycles. The maximum absolute atomic E-state index is 5.24. The second-order valence-electron chi connectivity index (χ2n) is 6.15. The molecule has 0 bridgehead atoms. The van der Waals surface area contributed by atoms with E-state index in [2.05, 4.69) is 65.2 Å². The summed E-state index contributed by atoms with van der Waals surface area (Å²) in [6, 6.07) is 15.0. The maximum atomic E-state index is 5.24. The fraction of sp³-hybridized carbons (Fsp3) is 0.294. The summed E-state index contributed by atoms with van der Waals surface area (Å²) in [4.78, 5) is 0. The number of halogens is 1. The molecule has 0 aliphatic rings. The molecule has 0 saturated heterocycles.